The van der Waals surface area contributed by atoms with Crippen LogP contribution in [0, 0.1) is 11.7 Å². The first-order valence-corrected chi connectivity index (χ1v) is 9.52. The van der Waals surface area contributed by atoms with E-state index in [1.165, 1.54) is 23.4 Å². The quantitative estimate of drug-likeness (QED) is 0.686. The van der Waals surface area contributed by atoms with Gasteiger partial charge in [-0.15, -0.1) is 0 Å². The maximum Gasteiger partial charge on any atom is 0.274 e. The summed E-state index contributed by atoms with van der Waals surface area (Å²) in [6.07, 6.45) is 3.65. The Kier molecular flexibility index (Phi) is 6.17. The number of hydrogen-bond acceptors (Lipinski definition) is 4. The van der Waals surface area contributed by atoms with Gasteiger partial charge in [0.05, 0.1) is 17.0 Å². The largest absolute Gasteiger partial charge is 0.364 e. The predicted octanol–water partition coefficient (Wildman–Crippen LogP) is 2.57. The lowest BCUT2D eigenvalue weighted by Gasteiger charge is -2.34. The molecular formula is C19H21ClFN5O3. The summed E-state index contributed by atoms with van der Waals surface area (Å²) in [5.74, 6) is -2.04. The van der Waals surface area contributed by atoms with Crippen LogP contribution in [0.4, 0.5) is 10.1 Å². The molecule has 0 radical (unpaired) electrons. The zero-order valence-corrected chi connectivity index (χ0v) is 16.5. The average molecular weight is 422 g/mol. The molecule has 1 aromatic carbocycles. The minimum Gasteiger partial charge on any atom is -0.364 e. The van der Waals surface area contributed by atoms with E-state index in [4.69, 9.17) is 17.3 Å². The highest BCUT2D eigenvalue weighted by molar-refractivity contribution is 6.33. The monoisotopic (exact) mass is 421 g/mol. The number of halogens is 2. The fourth-order valence-corrected chi connectivity index (χ4v) is 3.74. The van der Waals surface area contributed by atoms with Crippen molar-refractivity contribution >= 4 is 35.0 Å². The fraction of sp³-hybridized carbons (Fsp3) is 0.368. The van der Waals surface area contributed by atoms with Crippen LogP contribution in [0.25, 0.3) is 0 Å². The maximum atomic E-state index is 13.1. The number of carbonyl (C=O) groups is 3. The van der Waals surface area contributed by atoms with E-state index in [1.54, 1.807) is 7.05 Å². The van der Waals surface area contributed by atoms with Gasteiger partial charge < -0.3 is 20.9 Å². The van der Waals surface area contributed by atoms with Crippen LogP contribution in [-0.4, -0.2) is 45.7 Å². The summed E-state index contributed by atoms with van der Waals surface area (Å²) in [6.45, 7) is 0. The van der Waals surface area contributed by atoms with Crippen molar-refractivity contribution in [3.05, 3.63) is 46.8 Å². The Morgan fingerprint density at radius 1 is 1.28 bits per heavy atom. The van der Waals surface area contributed by atoms with E-state index in [-0.39, 0.29) is 34.3 Å². The van der Waals surface area contributed by atoms with Crippen molar-refractivity contribution in [2.75, 3.05) is 12.4 Å². The Morgan fingerprint density at radius 2 is 1.97 bits per heavy atom. The number of benzene rings is 1. The van der Waals surface area contributed by atoms with Crippen LogP contribution in [-0.2, 0) is 4.79 Å². The second-order valence-electron chi connectivity index (χ2n) is 7.03. The lowest BCUT2D eigenvalue weighted by atomic mass is 9.84. The van der Waals surface area contributed by atoms with E-state index in [0.29, 0.717) is 31.4 Å². The number of carbonyl (C=O) groups excluding carboxylic acids is 3. The highest BCUT2D eigenvalue weighted by Crippen LogP contribution is 2.30. The lowest BCUT2D eigenvalue weighted by molar-refractivity contribution is -0.121. The van der Waals surface area contributed by atoms with Crippen molar-refractivity contribution in [3.63, 3.8) is 0 Å². The number of hydrogen-bond donors (Lipinski definition) is 3. The van der Waals surface area contributed by atoms with E-state index in [9.17, 15) is 18.8 Å². The molecule has 1 fully saturated rings. The normalized spacial score (nSPS) is 18.9. The van der Waals surface area contributed by atoms with E-state index in [0.717, 1.165) is 6.07 Å². The maximum absolute atomic E-state index is 13.1. The zero-order chi connectivity index (χ0) is 21.1. The third-order valence-electron chi connectivity index (χ3n) is 5.21. The molecule has 1 heterocycles. The van der Waals surface area contributed by atoms with E-state index in [2.05, 4.69) is 15.3 Å². The number of aromatic nitrogens is 2. The van der Waals surface area contributed by atoms with Crippen LogP contribution in [0.1, 0.15) is 46.7 Å². The van der Waals surface area contributed by atoms with Crippen molar-refractivity contribution in [1.82, 2.24) is 14.9 Å². The van der Waals surface area contributed by atoms with Crippen LogP contribution in [0.15, 0.2) is 24.5 Å². The molecule has 10 heteroatoms. The fourth-order valence-electron chi connectivity index (χ4n) is 3.53. The highest BCUT2D eigenvalue weighted by atomic mass is 35.5. The molecule has 4 N–H and O–H groups in total. The molecule has 154 valence electrons. The first-order valence-electron chi connectivity index (χ1n) is 9.14. The SMILES string of the molecule is CN(C(=O)c1nc[nH]c1C(N)=O)[C@H]1CC[C@H](C(=O)Nc2ccc(F)cc2Cl)CC1. The van der Waals surface area contributed by atoms with Gasteiger partial charge in [0.15, 0.2) is 5.69 Å². The van der Waals surface area contributed by atoms with Gasteiger partial charge in [-0.1, -0.05) is 11.6 Å². The van der Waals surface area contributed by atoms with Gasteiger partial charge in [0, 0.05) is 19.0 Å². The topological polar surface area (TPSA) is 121 Å². The van der Waals surface area contributed by atoms with E-state index >= 15 is 0 Å². The Hall–Kier alpha value is -2.94. The Bertz CT molecular complexity index is 940. The Balaban J connectivity index is 1.58. The molecule has 3 amide bonds. The second-order valence-corrected chi connectivity index (χ2v) is 7.43. The highest BCUT2D eigenvalue weighted by Gasteiger charge is 2.32. The molecule has 0 atom stereocenters. The Morgan fingerprint density at radius 3 is 2.59 bits per heavy atom. The Labute approximate surface area is 171 Å². The van der Waals surface area contributed by atoms with Crippen LogP contribution in [0.3, 0.4) is 0 Å². The first kappa shape index (κ1) is 20.8. The van der Waals surface area contributed by atoms with Gasteiger partial charge in [-0.3, -0.25) is 14.4 Å². The molecule has 8 nitrogen and oxygen atoms in total. The molecule has 1 aliphatic rings. The summed E-state index contributed by atoms with van der Waals surface area (Å²) in [6, 6.07) is 3.71. The molecule has 3 rings (SSSR count). The third-order valence-corrected chi connectivity index (χ3v) is 5.53. The van der Waals surface area contributed by atoms with Crippen molar-refractivity contribution in [2.24, 2.45) is 11.7 Å². The summed E-state index contributed by atoms with van der Waals surface area (Å²) in [5.41, 5.74) is 5.59. The molecule has 0 unspecified atom stereocenters. The number of nitrogens with zero attached hydrogens (tertiary/aromatic N) is 2. The molecule has 0 spiro atoms. The van der Waals surface area contributed by atoms with Crippen molar-refractivity contribution in [3.8, 4) is 0 Å². The summed E-state index contributed by atoms with van der Waals surface area (Å²) in [5, 5.41) is 2.87. The standard InChI is InChI=1S/C19H21ClFN5O3/c1-26(19(29)16-15(17(22)27)23-9-24-16)12-5-2-10(3-6-12)18(28)25-14-7-4-11(21)8-13(14)20/h4,7-10,12H,2-3,5-6H2,1H3,(H2,22,27)(H,23,24)(H,25,28)/t10-,12-. The first-order chi connectivity index (χ1) is 13.8. The number of nitrogens with one attached hydrogen (secondary N) is 2. The molecule has 0 bridgehead atoms. The number of rotatable bonds is 5. The van der Waals surface area contributed by atoms with Gasteiger partial charge >= 0.3 is 0 Å². The van der Waals surface area contributed by atoms with Gasteiger partial charge in [0.25, 0.3) is 11.8 Å². The van der Waals surface area contributed by atoms with E-state index < -0.39 is 17.6 Å². The summed E-state index contributed by atoms with van der Waals surface area (Å²) in [7, 11) is 1.64. The van der Waals surface area contributed by atoms with Crippen LogP contribution in [0.2, 0.25) is 5.02 Å². The van der Waals surface area contributed by atoms with Crippen LogP contribution in [0.5, 0.6) is 0 Å². The summed E-state index contributed by atoms with van der Waals surface area (Å²) >= 11 is 5.96. The van der Waals surface area contributed by atoms with Crippen LogP contribution >= 0.6 is 11.6 Å². The van der Waals surface area contributed by atoms with Crippen molar-refractivity contribution < 1.29 is 18.8 Å². The third kappa shape index (κ3) is 4.56. The molecule has 29 heavy (non-hydrogen) atoms. The minimum absolute atomic E-state index is 0.00850. The van der Waals surface area contributed by atoms with Crippen molar-refractivity contribution in [1.29, 1.82) is 0 Å². The number of primary amides is 1. The molecule has 0 aliphatic heterocycles. The molecular weight excluding hydrogens is 401 g/mol. The van der Waals surface area contributed by atoms with Crippen molar-refractivity contribution in [2.45, 2.75) is 31.7 Å². The number of H-pyrrole nitrogens is 1. The number of nitrogens with two attached hydrogens (primary N) is 1. The van der Waals surface area contributed by atoms with E-state index in [1.807, 2.05) is 0 Å². The number of aromatic amines is 1. The van der Waals surface area contributed by atoms with Gasteiger partial charge in [-0.05, 0) is 43.9 Å². The molecule has 1 aliphatic carbocycles. The second kappa shape index (κ2) is 8.60. The molecule has 1 saturated carbocycles. The number of anilines is 1. The number of amides is 3. The molecule has 1 aromatic heterocycles. The number of imidazole rings is 1. The summed E-state index contributed by atoms with van der Waals surface area (Å²) < 4.78 is 13.1. The minimum atomic E-state index is -0.751. The van der Waals surface area contributed by atoms with Crippen LogP contribution < -0.4 is 11.1 Å². The van der Waals surface area contributed by atoms with Gasteiger partial charge in [-0.25, -0.2) is 9.37 Å². The van der Waals surface area contributed by atoms with Gasteiger partial charge in [0.1, 0.15) is 11.5 Å². The zero-order valence-electron chi connectivity index (χ0n) is 15.7. The predicted molar refractivity (Wildman–Crippen MR) is 105 cm³/mol. The molecule has 2 aromatic rings. The molecule has 0 saturated heterocycles. The summed E-state index contributed by atoms with van der Waals surface area (Å²) in [4.78, 5) is 44.6. The van der Waals surface area contributed by atoms with Gasteiger partial charge in [0.2, 0.25) is 5.91 Å². The average Bonchev–Trinajstić information content (AvgIpc) is 3.19. The van der Waals surface area contributed by atoms with Gasteiger partial charge in [-0.2, -0.15) is 0 Å². The lowest BCUT2D eigenvalue weighted by Crippen LogP contribution is -2.41. The smallest absolute Gasteiger partial charge is 0.274 e.